The van der Waals surface area contributed by atoms with E-state index in [0.29, 0.717) is 0 Å². The quantitative estimate of drug-likeness (QED) is 0.767. The van der Waals surface area contributed by atoms with Gasteiger partial charge in [0.2, 0.25) is 0 Å². The summed E-state index contributed by atoms with van der Waals surface area (Å²) in [4.78, 5) is 4.33. The van der Waals surface area contributed by atoms with Crippen LogP contribution in [0.4, 0.5) is 0 Å². The largest absolute Gasteiger partial charge is 0.331 e. The van der Waals surface area contributed by atoms with Crippen molar-refractivity contribution in [2.45, 2.75) is 13.1 Å². The van der Waals surface area contributed by atoms with Gasteiger partial charge in [0.05, 0.1) is 29.9 Å². The van der Waals surface area contributed by atoms with Crippen molar-refractivity contribution in [1.82, 2.24) is 24.6 Å². The molecular weight excluding hydrogens is 250 g/mol. The van der Waals surface area contributed by atoms with Gasteiger partial charge in [0.1, 0.15) is 0 Å². The van der Waals surface area contributed by atoms with Gasteiger partial charge in [0, 0.05) is 18.9 Å². The van der Waals surface area contributed by atoms with Crippen LogP contribution in [0.3, 0.4) is 0 Å². The first kappa shape index (κ1) is 12.6. The Kier molecular flexibility index (Phi) is 3.60. The molecule has 0 radical (unpaired) electrons. The average molecular weight is 267 g/mol. The van der Waals surface area contributed by atoms with Crippen molar-refractivity contribution < 1.29 is 0 Å². The summed E-state index contributed by atoms with van der Waals surface area (Å²) in [6, 6.07) is 12.1. The monoisotopic (exact) mass is 267 g/mol. The molecule has 0 bridgehead atoms. The summed E-state index contributed by atoms with van der Waals surface area (Å²) < 4.78 is 3.94. The van der Waals surface area contributed by atoms with Crippen molar-refractivity contribution in [2.75, 3.05) is 7.05 Å². The zero-order valence-electron chi connectivity index (χ0n) is 11.4. The van der Waals surface area contributed by atoms with Crippen LogP contribution in [0.2, 0.25) is 0 Å². The van der Waals surface area contributed by atoms with Gasteiger partial charge >= 0.3 is 0 Å². The number of nitrogens with zero attached hydrogens (tertiary/aromatic N) is 4. The molecule has 5 heteroatoms. The third-order valence-electron chi connectivity index (χ3n) is 3.05. The number of aromatic nitrogens is 4. The topological polar surface area (TPSA) is 47.7 Å². The Hall–Kier alpha value is -2.40. The third kappa shape index (κ3) is 2.78. The Morgan fingerprint density at radius 3 is 2.75 bits per heavy atom. The van der Waals surface area contributed by atoms with Crippen molar-refractivity contribution in [2.24, 2.45) is 0 Å². The molecule has 5 nitrogen and oxygen atoms in total. The molecule has 0 spiro atoms. The molecule has 0 unspecified atom stereocenters. The normalized spacial score (nSPS) is 10.8. The molecule has 102 valence electrons. The molecule has 20 heavy (non-hydrogen) atoms. The Balaban J connectivity index is 1.73. The maximum atomic E-state index is 4.58. The minimum Gasteiger partial charge on any atom is -0.331 e. The molecule has 0 amide bonds. The van der Waals surface area contributed by atoms with Crippen molar-refractivity contribution >= 4 is 0 Å². The van der Waals surface area contributed by atoms with Crippen LogP contribution >= 0.6 is 0 Å². The lowest BCUT2D eigenvalue weighted by Gasteiger charge is -2.00. The SMILES string of the molecule is CNCc1cn(Cc2ccn(-c3ccccc3)n2)cn1. The Labute approximate surface area is 117 Å². The van der Waals surface area contributed by atoms with Gasteiger partial charge in [-0.25, -0.2) is 9.67 Å². The summed E-state index contributed by atoms with van der Waals surface area (Å²) in [6.07, 6.45) is 5.86. The first-order chi connectivity index (χ1) is 9.85. The van der Waals surface area contributed by atoms with Gasteiger partial charge in [-0.3, -0.25) is 0 Å². The summed E-state index contributed by atoms with van der Waals surface area (Å²) in [5.74, 6) is 0. The number of nitrogens with one attached hydrogen (secondary N) is 1. The molecule has 0 saturated heterocycles. The van der Waals surface area contributed by atoms with Crippen molar-refractivity contribution in [3.8, 4) is 5.69 Å². The lowest BCUT2D eigenvalue weighted by molar-refractivity contribution is 0.741. The number of para-hydroxylation sites is 1. The minimum atomic E-state index is 0.733. The number of imidazole rings is 1. The van der Waals surface area contributed by atoms with Crippen LogP contribution in [0, 0.1) is 0 Å². The summed E-state index contributed by atoms with van der Waals surface area (Å²) in [7, 11) is 1.92. The molecule has 3 aromatic rings. The summed E-state index contributed by atoms with van der Waals surface area (Å²) in [6.45, 7) is 1.52. The van der Waals surface area contributed by atoms with Crippen LogP contribution in [-0.2, 0) is 13.1 Å². The fraction of sp³-hybridized carbons (Fsp3) is 0.200. The van der Waals surface area contributed by atoms with Crippen LogP contribution in [0.25, 0.3) is 5.69 Å². The molecule has 0 saturated carbocycles. The zero-order chi connectivity index (χ0) is 13.8. The third-order valence-corrected chi connectivity index (χ3v) is 3.05. The number of hydrogen-bond donors (Lipinski definition) is 1. The summed E-state index contributed by atoms with van der Waals surface area (Å²) >= 11 is 0. The maximum absolute atomic E-state index is 4.58. The predicted octanol–water partition coefficient (Wildman–Crippen LogP) is 1.84. The van der Waals surface area contributed by atoms with E-state index in [1.807, 2.05) is 71.4 Å². The maximum Gasteiger partial charge on any atom is 0.0953 e. The van der Waals surface area contributed by atoms with E-state index < -0.39 is 0 Å². The van der Waals surface area contributed by atoms with E-state index in [2.05, 4.69) is 15.4 Å². The highest BCUT2D eigenvalue weighted by Gasteiger charge is 2.03. The van der Waals surface area contributed by atoms with Crippen LogP contribution in [0.5, 0.6) is 0 Å². The fourth-order valence-electron chi connectivity index (χ4n) is 2.12. The standard InChI is InChI=1S/C15H17N5/c1-16-9-14-11-19(12-17-14)10-13-7-8-20(18-13)15-5-3-2-4-6-15/h2-8,11-12,16H,9-10H2,1H3. The van der Waals surface area contributed by atoms with Crippen LogP contribution in [0.15, 0.2) is 55.1 Å². The zero-order valence-corrected chi connectivity index (χ0v) is 11.4. The first-order valence-corrected chi connectivity index (χ1v) is 6.60. The highest BCUT2D eigenvalue weighted by atomic mass is 15.3. The van der Waals surface area contributed by atoms with Crippen LogP contribution < -0.4 is 5.32 Å². The summed E-state index contributed by atoms with van der Waals surface area (Å²) in [5.41, 5.74) is 3.12. The van der Waals surface area contributed by atoms with E-state index in [4.69, 9.17) is 0 Å². The number of rotatable bonds is 5. The first-order valence-electron chi connectivity index (χ1n) is 6.60. The molecule has 2 heterocycles. The van der Waals surface area contributed by atoms with Crippen LogP contribution in [0.1, 0.15) is 11.4 Å². The van der Waals surface area contributed by atoms with E-state index in [9.17, 15) is 0 Å². The van der Waals surface area contributed by atoms with Crippen molar-refractivity contribution in [1.29, 1.82) is 0 Å². The molecule has 0 aliphatic heterocycles. The Morgan fingerprint density at radius 2 is 1.95 bits per heavy atom. The molecule has 2 aromatic heterocycles. The van der Waals surface area contributed by atoms with Gasteiger partial charge in [-0.05, 0) is 25.2 Å². The fourth-order valence-corrected chi connectivity index (χ4v) is 2.12. The number of hydrogen-bond acceptors (Lipinski definition) is 3. The molecule has 0 aliphatic carbocycles. The number of benzene rings is 1. The van der Waals surface area contributed by atoms with Gasteiger partial charge in [-0.2, -0.15) is 5.10 Å². The van der Waals surface area contributed by atoms with Crippen molar-refractivity contribution in [3.05, 3.63) is 66.5 Å². The smallest absolute Gasteiger partial charge is 0.0953 e. The molecule has 0 aliphatic rings. The van der Waals surface area contributed by atoms with Gasteiger partial charge in [-0.15, -0.1) is 0 Å². The Bertz CT molecular complexity index is 668. The highest BCUT2D eigenvalue weighted by molar-refractivity contribution is 5.30. The Morgan fingerprint density at radius 1 is 1.10 bits per heavy atom. The van der Waals surface area contributed by atoms with Crippen LogP contribution in [-0.4, -0.2) is 26.4 Å². The molecule has 1 N–H and O–H groups in total. The second-order valence-electron chi connectivity index (χ2n) is 4.65. The van der Waals surface area contributed by atoms with Gasteiger partial charge in [0.15, 0.2) is 0 Å². The van der Waals surface area contributed by atoms with Gasteiger partial charge in [0.25, 0.3) is 0 Å². The molecular formula is C15H17N5. The molecule has 1 aromatic carbocycles. The second kappa shape index (κ2) is 5.71. The minimum absolute atomic E-state index is 0.733. The van der Waals surface area contributed by atoms with E-state index in [0.717, 1.165) is 30.2 Å². The van der Waals surface area contributed by atoms with E-state index >= 15 is 0 Å². The summed E-state index contributed by atoms with van der Waals surface area (Å²) in [5, 5.41) is 7.67. The average Bonchev–Trinajstić information content (AvgIpc) is 3.11. The van der Waals surface area contributed by atoms with E-state index in [1.165, 1.54) is 0 Å². The van der Waals surface area contributed by atoms with E-state index in [-0.39, 0.29) is 0 Å². The lowest BCUT2D eigenvalue weighted by atomic mass is 10.3. The van der Waals surface area contributed by atoms with Gasteiger partial charge < -0.3 is 9.88 Å². The molecule has 0 fully saturated rings. The second-order valence-corrected chi connectivity index (χ2v) is 4.65. The predicted molar refractivity (Wildman–Crippen MR) is 77.7 cm³/mol. The molecule has 0 atom stereocenters. The molecule has 3 rings (SSSR count). The van der Waals surface area contributed by atoms with Gasteiger partial charge in [-0.1, -0.05) is 18.2 Å². The van der Waals surface area contributed by atoms with Crippen molar-refractivity contribution in [3.63, 3.8) is 0 Å². The lowest BCUT2D eigenvalue weighted by Crippen LogP contribution is -2.05. The van der Waals surface area contributed by atoms with E-state index in [1.54, 1.807) is 0 Å². The highest BCUT2D eigenvalue weighted by Crippen LogP contribution is 2.08.